The van der Waals surface area contributed by atoms with Crippen molar-refractivity contribution >= 4 is 17.8 Å². The van der Waals surface area contributed by atoms with Crippen molar-refractivity contribution in [3.8, 4) is 0 Å². The molecular formula is C12H18N2O4. The molecule has 6 heteroatoms. The van der Waals surface area contributed by atoms with E-state index in [0.29, 0.717) is 13.0 Å². The zero-order valence-corrected chi connectivity index (χ0v) is 10.6. The van der Waals surface area contributed by atoms with Crippen molar-refractivity contribution in [1.29, 1.82) is 0 Å². The lowest BCUT2D eigenvalue weighted by molar-refractivity contribution is -0.147. The molecule has 2 N–H and O–H groups in total. The van der Waals surface area contributed by atoms with Gasteiger partial charge in [-0.15, -0.1) is 0 Å². The average Bonchev–Trinajstić information content (AvgIpc) is 3.04. The summed E-state index contributed by atoms with van der Waals surface area (Å²) in [5.74, 6) is -1.46. The molecule has 0 spiro atoms. The third kappa shape index (κ3) is 2.01. The molecule has 0 aromatic carbocycles. The minimum absolute atomic E-state index is 0.118. The summed E-state index contributed by atoms with van der Waals surface area (Å²) in [6.45, 7) is 4.10. The molecule has 1 aliphatic heterocycles. The molecular weight excluding hydrogens is 236 g/mol. The highest BCUT2D eigenvalue weighted by Gasteiger charge is 2.58. The maximum atomic E-state index is 11.7. The third-order valence-electron chi connectivity index (χ3n) is 3.83. The predicted octanol–water partition coefficient (Wildman–Crippen LogP) is -0.166. The highest BCUT2D eigenvalue weighted by Crippen LogP contribution is 2.47. The Balaban J connectivity index is 1.96. The number of carboxylic acid groups (broad SMARTS) is 1. The van der Waals surface area contributed by atoms with Crippen LogP contribution in [0.3, 0.4) is 0 Å². The predicted molar refractivity (Wildman–Crippen MR) is 62.7 cm³/mol. The SMILES string of the molecule is CCNC(C)(CCN1C(=O)C2CC2C1=O)C(=O)O. The summed E-state index contributed by atoms with van der Waals surface area (Å²) in [6, 6.07) is 0. The number of hydrogen-bond donors (Lipinski definition) is 2. The van der Waals surface area contributed by atoms with Crippen molar-refractivity contribution in [2.24, 2.45) is 11.8 Å². The quantitative estimate of drug-likeness (QED) is 0.643. The van der Waals surface area contributed by atoms with E-state index >= 15 is 0 Å². The maximum absolute atomic E-state index is 11.7. The van der Waals surface area contributed by atoms with Gasteiger partial charge in [0, 0.05) is 6.54 Å². The molecule has 2 aliphatic rings. The Morgan fingerprint density at radius 1 is 1.44 bits per heavy atom. The molecule has 2 fully saturated rings. The Morgan fingerprint density at radius 2 is 2.00 bits per heavy atom. The van der Waals surface area contributed by atoms with Crippen LogP contribution in [0.5, 0.6) is 0 Å². The van der Waals surface area contributed by atoms with Crippen LogP contribution in [0.2, 0.25) is 0 Å². The van der Waals surface area contributed by atoms with E-state index in [4.69, 9.17) is 0 Å². The van der Waals surface area contributed by atoms with Crippen LogP contribution in [0.1, 0.15) is 26.7 Å². The highest BCUT2D eigenvalue weighted by molar-refractivity contribution is 6.08. The Hall–Kier alpha value is -1.43. The average molecular weight is 254 g/mol. The van der Waals surface area contributed by atoms with E-state index in [9.17, 15) is 19.5 Å². The number of likely N-dealkylation sites (tertiary alicyclic amines) is 1. The second-order valence-corrected chi connectivity index (χ2v) is 5.19. The normalized spacial score (nSPS) is 29.1. The Bertz CT molecular complexity index is 389. The summed E-state index contributed by atoms with van der Waals surface area (Å²) in [5.41, 5.74) is -1.10. The molecule has 2 amide bonds. The molecule has 0 bridgehead atoms. The number of nitrogens with one attached hydrogen (secondary N) is 1. The number of carbonyl (C=O) groups excluding carboxylic acids is 2. The number of hydrogen-bond acceptors (Lipinski definition) is 4. The van der Waals surface area contributed by atoms with Crippen molar-refractivity contribution in [2.75, 3.05) is 13.1 Å². The van der Waals surface area contributed by atoms with Crippen LogP contribution >= 0.6 is 0 Å². The first-order valence-electron chi connectivity index (χ1n) is 6.24. The molecule has 100 valence electrons. The zero-order chi connectivity index (χ0) is 13.5. The number of likely N-dealkylation sites (N-methyl/N-ethyl adjacent to an activating group) is 1. The van der Waals surface area contributed by atoms with Crippen LogP contribution in [-0.2, 0) is 14.4 Å². The number of piperidine rings is 1. The fraction of sp³-hybridized carbons (Fsp3) is 0.750. The summed E-state index contributed by atoms with van der Waals surface area (Å²) in [4.78, 5) is 35.9. The number of rotatable bonds is 6. The number of amides is 2. The summed E-state index contributed by atoms with van der Waals surface area (Å²) in [5, 5.41) is 12.1. The lowest BCUT2D eigenvalue weighted by Gasteiger charge is -2.28. The van der Waals surface area contributed by atoms with E-state index in [1.165, 1.54) is 4.90 Å². The number of imide groups is 1. The molecule has 1 saturated heterocycles. The molecule has 1 heterocycles. The summed E-state index contributed by atoms with van der Waals surface area (Å²) >= 11 is 0. The molecule has 6 nitrogen and oxygen atoms in total. The number of aliphatic carboxylic acids is 1. The fourth-order valence-electron chi connectivity index (χ4n) is 2.47. The van der Waals surface area contributed by atoms with Crippen molar-refractivity contribution < 1.29 is 19.5 Å². The van der Waals surface area contributed by atoms with Crippen molar-refractivity contribution in [3.63, 3.8) is 0 Å². The van der Waals surface area contributed by atoms with Crippen LogP contribution in [0.15, 0.2) is 0 Å². The first-order chi connectivity index (χ1) is 8.40. The lowest BCUT2D eigenvalue weighted by Crippen LogP contribution is -2.52. The summed E-state index contributed by atoms with van der Waals surface area (Å²) in [6.07, 6.45) is 0.907. The van der Waals surface area contributed by atoms with E-state index < -0.39 is 11.5 Å². The van der Waals surface area contributed by atoms with Gasteiger partial charge in [-0.3, -0.25) is 19.3 Å². The fourth-order valence-corrected chi connectivity index (χ4v) is 2.47. The molecule has 0 radical (unpaired) electrons. The molecule has 18 heavy (non-hydrogen) atoms. The Morgan fingerprint density at radius 3 is 2.44 bits per heavy atom. The number of nitrogens with zero attached hydrogens (tertiary/aromatic N) is 1. The van der Waals surface area contributed by atoms with Crippen LogP contribution in [-0.4, -0.2) is 46.4 Å². The molecule has 3 unspecified atom stereocenters. The third-order valence-corrected chi connectivity index (χ3v) is 3.83. The number of fused-ring (bicyclic) bond motifs is 1. The van der Waals surface area contributed by atoms with Crippen LogP contribution in [0, 0.1) is 11.8 Å². The lowest BCUT2D eigenvalue weighted by atomic mass is 9.97. The van der Waals surface area contributed by atoms with Gasteiger partial charge in [0.15, 0.2) is 0 Å². The molecule has 1 aliphatic carbocycles. The van der Waals surface area contributed by atoms with Gasteiger partial charge in [0.05, 0.1) is 11.8 Å². The van der Waals surface area contributed by atoms with E-state index in [1.54, 1.807) is 6.92 Å². The zero-order valence-electron chi connectivity index (χ0n) is 10.6. The summed E-state index contributed by atoms with van der Waals surface area (Å²) in [7, 11) is 0. The van der Waals surface area contributed by atoms with E-state index in [-0.39, 0.29) is 36.6 Å². The monoisotopic (exact) mass is 254 g/mol. The second-order valence-electron chi connectivity index (χ2n) is 5.19. The molecule has 1 saturated carbocycles. The highest BCUT2D eigenvalue weighted by atomic mass is 16.4. The second kappa shape index (κ2) is 4.35. The van der Waals surface area contributed by atoms with Gasteiger partial charge in [0.1, 0.15) is 5.54 Å². The Kier molecular flexibility index (Phi) is 3.14. The van der Waals surface area contributed by atoms with Gasteiger partial charge in [-0.25, -0.2) is 0 Å². The number of carbonyl (C=O) groups is 3. The van der Waals surface area contributed by atoms with Crippen LogP contribution < -0.4 is 5.32 Å². The van der Waals surface area contributed by atoms with Gasteiger partial charge in [0.25, 0.3) is 0 Å². The van der Waals surface area contributed by atoms with Crippen molar-refractivity contribution in [2.45, 2.75) is 32.2 Å². The first kappa shape index (κ1) is 13.0. The van der Waals surface area contributed by atoms with Gasteiger partial charge in [0.2, 0.25) is 11.8 Å². The molecule has 0 aromatic rings. The van der Waals surface area contributed by atoms with Crippen LogP contribution in [0.4, 0.5) is 0 Å². The van der Waals surface area contributed by atoms with Crippen LogP contribution in [0.25, 0.3) is 0 Å². The maximum Gasteiger partial charge on any atom is 0.323 e. The van der Waals surface area contributed by atoms with Gasteiger partial charge in [-0.05, 0) is 26.3 Å². The minimum Gasteiger partial charge on any atom is -0.480 e. The van der Waals surface area contributed by atoms with Gasteiger partial charge in [-0.2, -0.15) is 0 Å². The molecule has 0 aromatic heterocycles. The summed E-state index contributed by atoms with van der Waals surface area (Å²) < 4.78 is 0. The topological polar surface area (TPSA) is 86.7 Å². The van der Waals surface area contributed by atoms with Gasteiger partial charge in [-0.1, -0.05) is 6.92 Å². The molecule has 3 atom stereocenters. The largest absolute Gasteiger partial charge is 0.480 e. The van der Waals surface area contributed by atoms with Gasteiger partial charge >= 0.3 is 5.97 Å². The smallest absolute Gasteiger partial charge is 0.323 e. The van der Waals surface area contributed by atoms with Gasteiger partial charge < -0.3 is 10.4 Å². The van der Waals surface area contributed by atoms with Crippen molar-refractivity contribution in [1.82, 2.24) is 10.2 Å². The molecule has 2 rings (SSSR count). The standard InChI is InChI=1S/C12H18N2O4/c1-3-13-12(2,11(17)18)4-5-14-9(15)7-6-8(7)10(14)16/h7-8,13H,3-6H2,1-2H3,(H,17,18). The van der Waals surface area contributed by atoms with E-state index in [0.717, 1.165) is 0 Å². The first-order valence-corrected chi connectivity index (χ1v) is 6.24. The minimum atomic E-state index is -1.10. The van der Waals surface area contributed by atoms with E-state index in [1.807, 2.05) is 6.92 Å². The van der Waals surface area contributed by atoms with Crippen molar-refractivity contribution in [3.05, 3.63) is 0 Å². The Labute approximate surface area is 105 Å². The van der Waals surface area contributed by atoms with E-state index in [2.05, 4.69) is 5.32 Å². The number of carboxylic acids is 1.